The van der Waals surface area contributed by atoms with Crippen LogP contribution in [0.25, 0.3) is 0 Å². The van der Waals surface area contributed by atoms with Crippen LogP contribution in [0.3, 0.4) is 0 Å². The molecule has 0 amide bonds. The van der Waals surface area contributed by atoms with Gasteiger partial charge in [0.15, 0.2) is 5.60 Å². The van der Waals surface area contributed by atoms with E-state index in [0.29, 0.717) is 17.1 Å². The van der Waals surface area contributed by atoms with Gasteiger partial charge >= 0.3 is 0 Å². The number of carbonyl (C=O) groups is 1. The zero-order valence-corrected chi connectivity index (χ0v) is 12.8. The Balaban J connectivity index is 2.03. The Morgan fingerprint density at radius 2 is 2.12 bits per heavy atom. The lowest BCUT2D eigenvalue weighted by molar-refractivity contribution is 0.0546. The highest BCUT2D eigenvalue weighted by Gasteiger charge is 2.47. The van der Waals surface area contributed by atoms with Crippen LogP contribution in [0, 0.1) is 23.0 Å². The van der Waals surface area contributed by atoms with E-state index in [4.69, 9.17) is 14.7 Å². The maximum Gasteiger partial charge on any atom is 0.210 e. The summed E-state index contributed by atoms with van der Waals surface area (Å²) in [5.41, 5.74) is -1.32. The number of rotatable bonds is 4. The van der Waals surface area contributed by atoms with Crippen LogP contribution >= 0.6 is 0 Å². The standard InChI is InChI=1S/C18H13F2NO3/c1-23-13-3-5-16-11(8-13)10-18(24-16,6-7-21)17(22)14-9-12(19)2-4-15(14)20/h2-5,8-9H,6,10H2,1H3. The van der Waals surface area contributed by atoms with Crippen molar-refractivity contribution in [1.82, 2.24) is 0 Å². The van der Waals surface area contributed by atoms with Gasteiger partial charge in [-0.25, -0.2) is 8.78 Å². The Labute approximate surface area is 137 Å². The topological polar surface area (TPSA) is 59.3 Å². The van der Waals surface area contributed by atoms with Crippen LogP contribution in [-0.2, 0) is 6.42 Å². The highest BCUT2D eigenvalue weighted by atomic mass is 19.1. The van der Waals surface area contributed by atoms with Gasteiger partial charge in [0.1, 0.15) is 23.1 Å². The molecule has 1 aliphatic heterocycles. The van der Waals surface area contributed by atoms with Crippen molar-refractivity contribution in [2.75, 3.05) is 7.11 Å². The number of benzene rings is 2. The molecule has 2 aromatic carbocycles. The van der Waals surface area contributed by atoms with Crippen LogP contribution in [0.2, 0.25) is 0 Å². The van der Waals surface area contributed by atoms with E-state index in [1.807, 2.05) is 6.07 Å². The van der Waals surface area contributed by atoms with Gasteiger partial charge in [-0.1, -0.05) is 0 Å². The average Bonchev–Trinajstić information content (AvgIpc) is 2.95. The quantitative estimate of drug-likeness (QED) is 0.806. The molecule has 6 heteroatoms. The Morgan fingerprint density at radius 1 is 1.33 bits per heavy atom. The van der Waals surface area contributed by atoms with Crippen molar-refractivity contribution >= 4 is 5.78 Å². The second kappa shape index (κ2) is 5.93. The van der Waals surface area contributed by atoms with Crippen molar-refractivity contribution in [3.8, 4) is 17.6 Å². The third-order valence-corrected chi connectivity index (χ3v) is 4.00. The molecular weight excluding hydrogens is 316 g/mol. The zero-order chi connectivity index (χ0) is 17.3. The molecule has 1 unspecified atom stereocenters. The first kappa shape index (κ1) is 15.9. The molecule has 122 valence electrons. The average molecular weight is 329 g/mol. The number of halogens is 2. The highest BCUT2D eigenvalue weighted by molar-refractivity contribution is 6.04. The van der Waals surface area contributed by atoms with Gasteiger partial charge in [-0.3, -0.25) is 4.79 Å². The lowest BCUT2D eigenvalue weighted by Crippen LogP contribution is -2.43. The van der Waals surface area contributed by atoms with Gasteiger partial charge in [0.2, 0.25) is 5.78 Å². The molecule has 1 aliphatic rings. The zero-order valence-electron chi connectivity index (χ0n) is 12.8. The fraction of sp³-hybridized carbons (Fsp3) is 0.222. The van der Waals surface area contributed by atoms with E-state index in [2.05, 4.69) is 0 Å². The van der Waals surface area contributed by atoms with Crippen LogP contribution in [0.4, 0.5) is 8.78 Å². The summed E-state index contributed by atoms with van der Waals surface area (Å²) in [4.78, 5) is 12.8. The van der Waals surface area contributed by atoms with Gasteiger partial charge in [-0.2, -0.15) is 5.26 Å². The molecule has 24 heavy (non-hydrogen) atoms. The van der Waals surface area contributed by atoms with Gasteiger partial charge in [0.25, 0.3) is 0 Å². The SMILES string of the molecule is COc1ccc2c(c1)CC(CC#N)(C(=O)c1cc(F)ccc1F)O2. The first-order valence-corrected chi connectivity index (χ1v) is 7.22. The maximum absolute atomic E-state index is 14.0. The van der Waals surface area contributed by atoms with E-state index < -0.39 is 28.6 Å². The molecule has 0 radical (unpaired) electrons. The Morgan fingerprint density at radius 3 is 2.83 bits per heavy atom. The van der Waals surface area contributed by atoms with Crippen LogP contribution in [0.15, 0.2) is 36.4 Å². The second-order valence-corrected chi connectivity index (χ2v) is 5.53. The van der Waals surface area contributed by atoms with Crippen molar-refractivity contribution in [3.63, 3.8) is 0 Å². The van der Waals surface area contributed by atoms with E-state index >= 15 is 0 Å². The summed E-state index contributed by atoms with van der Waals surface area (Å²) < 4.78 is 38.3. The summed E-state index contributed by atoms with van der Waals surface area (Å²) in [7, 11) is 1.51. The van der Waals surface area contributed by atoms with Gasteiger partial charge in [-0.05, 0) is 36.4 Å². The van der Waals surface area contributed by atoms with Crippen molar-refractivity contribution < 1.29 is 23.0 Å². The number of hydrogen-bond acceptors (Lipinski definition) is 4. The number of carbonyl (C=O) groups excluding carboxylic acids is 1. The lowest BCUT2D eigenvalue weighted by Gasteiger charge is -2.24. The van der Waals surface area contributed by atoms with Gasteiger partial charge in [0, 0.05) is 12.0 Å². The summed E-state index contributed by atoms with van der Waals surface area (Å²) >= 11 is 0. The summed E-state index contributed by atoms with van der Waals surface area (Å²) in [6, 6.07) is 9.53. The first-order chi connectivity index (χ1) is 11.5. The third kappa shape index (κ3) is 2.58. The summed E-state index contributed by atoms with van der Waals surface area (Å²) in [5, 5.41) is 9.12. The van der Waals surface area contributed by atoms with Gasteiger partial charge in [-0.15, -0.1) is 0 Å². The Bertz CT molecular complexity index is 860. The van der Waals surface area contributed by atoms with E-state index in [-0.39, 0.29) is 12.8 Å². The van der Waals surface area contributed by atoms with Crippen molar-refractivity contribution in [2.24, 2.45) is 0 Å². The van der Waals surface area contributed by atoms with E-state index in [0.717, 1.165) is 18.2 Å². The molecule has 0 aliphatic carbocycles. The number of ketones is 1. The second-order valence-electron chi connectivity index (χ2n) is 5.53. The number of methoxy groups -OCH3 is 1. The largest absolute Gasteiger partial charge is 0.497 e. The Hall–Kier alpha value is -2.94. The van der Waals surface area contributed by atoms with E-state index in [9.17, 15) is 13.6 Å². The van der Waals surface area contributed by atoms with Crippen LogP contribution in [0.5, 0.6) is 11.5 Å². The predicted molar refractivity (Wildman–Crippen MR) is 81.0 cm³/mol. The first-order valence-electron chi connectivity index (χ1n) is 7.22. The molecule has 3 rings (SSSR count). The number of nitrogens with zero attached hydrogens (tertiary/aromatic N) is 1. The summed E-state index contributed by atoms with van der Waals surface area (Å²) in [5.74, 6) is -1.33. The molecule has 0 aromatic heterocycles. The molecule has 0 N–H and O–H groups in total. The molecule has 1 atom stereocenters. The van der Waals surface area contributed by atoms with Crippen LogP contribution in [-0.4, -0.2) is 18.5 Å². The molecular formula is C18H13F2NO3. The molecule has 0 spiro atoms. The van der Waals surface area contributed by atoms with Crippen molar-refractivity contribution in [1.29, 1.82) is 5.26 Å². The number of nitriles is 1. The lowest BCUT2D eigenvalue weighted by atomic mass is 9.86. The Kier molecular flexibility index (Phi) is 3.94. The fourth-order valence-electron chi connectivity index (χ4n) is 2.82. The van der Waals surface area contributed by atoms with Crippen molar-refractivity contribution in [2.45, 2.75) is 18.4 Å². The molecule has 2 aromatic rings. The van der Waals surface area contributed by atoms with Crippen LogP contribution in [0.1, 0.15) is 22.3 Å². The van der Waals surface area contributed by atoms with Gasteiger partial charge < -0.3 is 9.47 Å². The van der Waals surface area contributed by atoms with E-state index in [1.54, 1.807) is 18.2 Å². The fourth-order valence-corrected chi connectivity index (χ4v) is 2.82. The molecule has 0 bridgehead atoms. The number of fused-ring (bicyclic) bond motifs is 1. The minimum absolute atomic E-state index is 0.0852. The predicted octanol–water partition coefficient (Wildman–Crippen LogP) is 3.44. The number of Topliss-reactive ketones (excluding diaryl/α,β-unsaturated/α-hetero) is 1. The van der Waals surface area contributed by atoms with Gasteiger partial charge in [0.05, 0.1) is 25.2 Å². The minimum atomic E-state index is -1.57. The summed E-state index contributed by atoms with van der Waals surface area (Å²) in [6.07, 6.45) is -0.194. The highest BCUT2D eigenvalue weighted by Crippen LogP contribution is 2.41. The minimum Gasteiger partial charge on any atom is -0.497 e. The van der Waals surface area contributed by atoms with E-state index in [1.165, 1.54) is 7.11 Å². The molecule has 0 saturated carbocycles. The number of ether oxygens (including phenoxy) is 2. The molecule has 0 fully saturated rings. The number of hydrogen-bond donors (Lipinski definition) is 0. The molecule has 1 heterocycles. The molecule has 4 nitrogen and oxygen atoms in total. The third-order valence-electron chi connectivity index (χ3n) is 4.00. The molecule has 0 saturated heterocycles. The summed E-state index contributed by atoms with van der Waals surface area (Å²) in [6.45, 7) is 0. The maximum atomic E-state index is 14.0. The normalized spacial score (nSPS) is 18.4. The van der Waals surface area contributed by atoms with Crippen molar-refractivity contribution in [3.05, 3.63) is 59.2 Å². The monoisotopic (exact) mass is 329 g/mol. The van der Waals surface area contributed by atoms with Crippen LogP contribution < -0.4 is 9.47 Å². The smallest absolute Gasteiger partial charge is 0.210 e.